The summed E-state index contributed by atoms with van der Waals surface area (Å²) >= 11 is 0. The maximum atomic E-state index is 5.92. The molecule has 0 aliphatic rings. The highest BCUT2D eigenvalue weighted by Gasteiger charge is 2.11. The fraction of sp³-hybridized carbons (Fsp3) is 0.235. The van der Waals surface area contributed by atoms with Gasteiger partial charge in [0, 0.05) is 13.0 Å². The lowest BCUT2D eigenvalue weighted by atomic mass is 10.0. The molecule has 0 aliphatic carbocycles. The summed E-state index contributed by atoms with van der Waals surface area (Å²) < 4.78 is 5.92. The van der Waals surface area contributed by atoms with Crippen LogP contribution in [0, 0.1) is 6.92 Å². The Bertz CT molecular complexity index is 436. The van der Waals surface area contributed by atoms with E-state index >= 15 is 0 Å². The molecule has 2 aromatic rings. The maximum Gasteiger partial charge on any atom is 0.0865 e. The van der Waals surface area contributed by atoms with Crippen LogP contribution in [0.15, 0.2) is 60.7 Å². The van der Waals surface area contributed by atoms with Gasteiger partial charge in [0.15, 0.2) is 0 Å². The highest BCUT2D eigenvalue weighted by Crippen LogP contribution is 2.22. The highest BCUT2D eigenvalue weighted by atomic mass is 16.5. The quantitative estimate of drug-likeness (QED) is 0.733. The molecule has 0 heterocycles. The van der Waals surface area contributed by atoms with Crippen LogP contribution in [0.25, 0.3) is 0 Å². The molecule has 0 aromatic heterocycles. The van der Waals surface area contributed by atoms with Gasteiger partial charge in [-0.2, -0.15) is 0 Å². The summed E-state index contributed by atoms with van der Waals surface area (Å²) in [6.07, 6.45) is 1.83. The number of rotatable bonds is 6. The molecule has 0 aliphatic heterocycles. The van der Waals surface area contributed by atoms with Gasteiger partial charge in [0.1, 0.15) is 0 Å². The fourth-order valence-electron chi connectivity index (χ4n) is 1.99. The predicted molar refractivity (Wildman–Crippen MR) is 75.3 cm³/mol. The molecule has 93 valence electrons. The van der Waals surface area contributed by atoms with E-state index in [9.17, 15) is 0 Å². The molecule has 0 spiro atoms. The maximum absolute atomic E-state index is 5.92. The van der Waals surface area contributed by atoms with Gasteiger partial charge in [0.05, 0.1) is 6.10 Å². The zero-order valence-corrected chi connectivity index (χ0v) is 10.6. The van der Waals surface area contributed by atoms with Crippen molar-refractivity contribution in [3.05, 3.63) is 78.7 Å². The standard InChI is InChI=1S/C17H19O/c1-2-13-18-17(16-11-7-4-8-12-16)14-15-9-5-3-6-10-15/h3-12,17H,1-2,13-14H2. The van der Waals surface area contributed by atoms with Crippen molar-refractivity contribution >= 4 is 0 Å². The molecule has 1 atom stereocenters. The molecule has 1 unspecified atom stereocenters. The average Bonchev–Trinajstić information content (AvgIpc) is 2.45. The molecular formula is C17H19O. The Labute approximate surface area is 109 Å². The Kier molecular flexibility index (Phi) is 4.98. The minimum atomic E-state index is 0.121. The van der Waals surface area contributed by atoms with Crippen LogP contribution in [0.1, 0.15) is 23.7 Å². The van der Waals surface area contributed by atoms with Crippen molar-refractivity contribution in [1.82, 2.24) is 0 Å². The third kappa shape index (κ3) is 3.71. The number of benzene rings is 2. The first-order chi connectivity index (χ1) is 8.90. The van der Waals surface area contributed by atoms with Crippen LogP contribution in [0.3, 0.4) is 0 Å². The second kappa shape index (κ2) is 6.97. The molecule has 0 fully saturated rings. The van der Waals surface area contributed by atoms with Crippen LogP contribution in [0.4, 0.5) is 0 Å². The third-order valence-corrected chi connectivity index (χ3v) is 2.90. The SMILES string of the molecule is [CH2]CCOC(Cc1ccccc1)c1ccccc1. The lowest BCUT2D eigenvalue weighted by molar-refractivity contribution is 0.0559. The Morgan fingerprint density at radius 1 is 0.889 bits per heavy atom. The Balaban J connectivity index is 2.10. The average molecular weight is 239 g/mol. The Morgan fingerprint density at radius 2 is 1.50 bits per heavy atom. The van der Waals surface area contributed by atoms with Gasteiger partial charge in [-0.15, -0.1) is 0 Å². The molecule has 2 aromatic carbocycles. The van der Waals surface area contributed by atoms with Crippen LogP contribution in [-0.4, -0.2) is 6.61 Å². The van der Waals surface area contributed by atoms with Crippen molar-refractivity contribution in [3.63, 3.8) is 0 Å². The summed E-state index contributed by atoms with van der Waals surface area (Å²) in [5.41, 5.74) is 2.53. The second-order valence-electron chi connectivity index (χ2n) is 4.31. The second-order valence-corrected chi connectivity index (χ2v) is 4.31. The zero-order valence-electron chi connectivity index (χ0n) is 10.6. The molecule has 18 heavy (non-hydrogen) atoms. The first-order valence-corrected chi connectivity index (χ1v) is 6.40. The van der Waals surface area contributed by atoms with Crippen LogP contribution >= 0.6 is 0 Å². The minimum Gasteiger partial charge on any atom is -0.373 e. The summed E-state index contributed by atoms with van der Waals surface area (Å²) in [6, 6.07) is 20.8. The summed E-state index contributed by atoms with van der Waals surface area (Å²) in [4.78, 5) is 0. The summed E-state index contributed by atoms with van der Waals surface area (Å²) in [5.74, 6) is 0. The summed E-state index contributed by atoms with van der Waals surface area (Å²) in [7, 11) is 0. The van der Waals surface area contributed by atoms with Gasteiger partial charge < -0.3 is 4.74 Å². The van der Waals surface area contributed by atoms with Gasteiger partial charge in [-0.05, 0) is 17.5 Å². The van der Waals surface area contributed by atoms with E-state index in [1.165, 1.54) is 11.1 Å². The van der Waals surface area contributed by atoms with Gasteiger partial charge in [-0.25, -0.2) is 0 Å². The lowest BCUT2D eigenvalue weighted by Crippen LogP contribution is -2.08. The molecule has 0 saturated carbocycles. The van der Waals surface area contributed by atoms with E-state index in [0.29, 0.717) is 6.61 Å². The molecule has 1 nitrogen and oxygen atoms in total. The van der Waals surface area contributed by atoms with E-state index in [4.69, 9.17) is 4.74 Å². The van der Waals surface area contributed by atoms with Gasteiger partial charge in [0.25, 0.3) is 0 Å². The van der Waals surface area contributed by atoms with E-state index in [1.807, 2.05) is 12.1 Å². The monoisotopic (exact) mass is 239 g/mol. The first-order valence-electron chi connectivity index (χ1n) is 6.40. The Hall–Kier alpha value is -1.60. The molecule has 1 heteroatoms. The summed E-state index contributed by atoms with van der Waals surface area (Å²) in [6.45, 7) is 4.53. The molecular weight excluding hydrogens is 220 g/mol. The van der Waals surface area contributed by atoms with Gasteiger partial charge in [-0.1, -0.05) is 67.6 Å². The van der Waals surface area contributed by atoms with Gasteiger partial charge in [0.2, 0.25) is 0 Å². The smallest absolute Gasteiger partial charge is 0.0865 e. The summed E-state index contributed by atoms with van der Waals surface area (Å²) in [5, 5.41) is 0. The van der Waals surface area contributed by atoms with E-state index in [0.717, 1.165) is 12.8 Å². The molecule has 2 rings (SSSR count). The molecule has 0 bridgehead atoms. The molecule has 1 radical (unpaired) electrons. The van der Waals surface area contributed by atoms with Crippen LogP contribution in [0.2, 0.25) is 0 Å². The van der Waals surface area contributed by atoms with E-state index in [2.05, 4.69) is 55.5 Å². The fourth-order valence-corrected chi connectivity index (χ4v) is 1.99. The van der Waals surface area contributed by atoms with Crippen LogP contribution in [0.5, 0.6) is 0 Å². The van der Waals surface area contributed by atoms with Crippen molar-refractivity contribution < 1.29 is 4.74 Å². The number of hydrogen-bond donors (Lipinski definition) is 0. The van der Waals surface area contributed by atoms with E-state index in [1.54, 1.807) is 0 Å². The lowest BCUT2D eigenvalue weighted by Gasteiger charge is -2.18. The topological polar surface area (TPSA) is 9.23 Å². The van der Waals surface area contributed by atoms with Crippen molar-refractivity contribution in [3.8, 4) is 0 Å². The zero-order chi connectivity index (χ0) is 12.6. The molecule has 0 N–H and O–H groups in total. The van der Waals surface area contributed by atoms with E-state index < -0.39 is 0 Å². The van der Waals surface area contributed by atoms with Crippen molar-refractivity contribution in [2.45, 2.75) is 18.9 Å². The van der Waals surface area contributed by atoms with Crippen molar-refractivity contribution in [1.29, 1.82) is 0 Å². The predicted octanol–water partition coefficient (Wildman–Crippen LogP) is 4.21. The molecule has 0 saturated heterocycles. The normalized spacial score (nSPS) is 12.3. The van der Waals surface area contributed by atoms with Gasteiger partial charge in [-0.3, -0.25) is 0 Å². The van der Waals surface area contributed by atoms with Crippen molar-refractivity contribution in [2.24, 2.45) is 0 Å². The first kappa shape index (κ1) is 12.8. The van der Waals surface area contributed by atoms with E-state index in [-0.39, 0.29) is 6.10 Å². The van der Waals surface area contributed by atoms with Crippen LogP contribution < -0.4 is 0 Å². The number of hydrogen-bond acceptors (Lipinski definition) is 1. The third-order valence-electron chi connectivity index (χ3n) is 2.90. The van der Waals surface area contributed by atoms with Crippen LogP contribution in [-0.2, 0) is 11.2 Å². The largest absolute Gasteiger partial charge is 0.373 e. The van der Waals surface area contributed by atoms with Crippen molar-refractivity contribution in [2.75, 3.05) is 6.61 Å². The molecule has 0 amide bonds. The number of ether oxygens (including phenoxy) is 1. The van der Waals surface area contributed by atoms with Gasteiger partial charge >= 0.3 is 0 Å². The Morgan fingerprint density at radius 3 is 2.11 bits per heavy atom. The minimum absolute atomic E-state index is 0.121. The highest BCUT2D eigenvalue weighted by molar-refractivity contribution is 5.22.